The molecule has 0 saturated carbocycles. The number of aromatic nitrogens is 1. The fourth-order valence-corrected chi connectivity index (χ4v) is 2.12. The van der Waals surface area contributed by atoms with E-state index in [4.69, 9.17) is 0 Å². The van der Waals surface area contributed by atoms with E-state index in [-0.39, 0.29) is 6.61 Å². The van der Waals surface area contributed by atoms with Crippen LogP contribution in [0.2, 0.25) is 0 Å². The lowest BCUT2D eigenvalue weighted by atomic mass is 10.3. The van der Waals surface area contributed by atoms with Crippen LogP contribution in [0.15, 0.2) is 5.38 Å². The van der Waals surface area contributed by atoms with Crippen LogP contribution in [-0.4, -0.2) is 36.5 Å². The minimum atomic E-state index is -4.11. The van der Waals surface area contributed by atoms with Gasteiger partial charge in [-0.25, -0.2) is 13.8 Å². The van der Waals surface area contributed by atoms with E-state index >= 15 is 0 Å². The predicted molar refractivity (Wildman–Crippen MR) is 69.6 cm³/mol. The van der Waals surface area contributed by atoms with Gasteiger partial charge in [-0.05, 0) is 0 Å². The van der Waals surface area contributed by atoms with Crippen LogP contribution in [0.3, 0.4) is 0 Å². The number of rotatable bonds is 9. The molecule has 8 heteroatoms. The third-order valence-electron chi connectivity index (χ3n) is 2.37. The highest BCUT2D eigenvalue weighted by Crippen LogP contribution is 2.23. The minimum absolute atomic E-state index is 0.176. The monoisotopic (exact) mass is 314 g/mol. The van der Waals surface area contributed by atoms with Crippen molar-refractivity contribution in [2.24, 2.45) is 0 Å². The van der Waals surface area contributed by atoms with Gasteiger partial charge in [-0.15, -0.1) is 11.3 Å². The fraction of sp³-hybridized carbons (Fsp3) is 0.750. The minimum Gasteiger partial charge on any atom is -0.368 e. The van der Waals surface area contributed by atoms with Crippen LogP contribution < -0.4 is 5.32 Å². The maximum atomic E-state index is 12.6. The van der Waals surface area contributed by atoms with Crippen LogP contribution in [-0.2, 0) is 17.8 Å². The molecular weight excluding hydrogens is 296 g/mol. The summed E-state index contributed by atoms with van der Waals surface area (Å²) >= 11 is 1.27. The van der Waals surface area contributed by atoms with E-state index in [1.165, 1.54) is 11.3 Å². The van der Waals surface area contributed by atoms with E-state index in [2.05, 4.69) is 15.0 Å². The zero-order valence-electron chi connectivity index (χ0n) is 11.3. The molecule has 1 N–H and O–H groups in total. The van der Waals surface area contributed by atoms with E-state index in [0.29, 0.717) is 11.0 Å². The summed E-state index contributed by atoms with van der Waals surface area (Å²) < 4.78 is 53.6. The van der Waals surface area contributed by atoms with Gasteiger partial charge in [-0.2, -0.15) is 8.78 Å². The Kier molecular flexibility index (Phi) is 6.84. The van der Waals surface area contributed by atoms with Crippen molar-refractivity contribution in [3.05, 3.63) is 16.1 Å². The number of nitrogens with zero attached hydrogens (tertiary/aromatic N) is 1. The summed E-state index contributed by atoms with van der Waals surface area (Å²) in [7, 11) is 0. The number of halogens is 4. The second-order valence-corrected chi connectivity index (χ2v) is 5.59. The van der Waals surface area contributed by atoms with Gasteiger partial charge in [-0.1, -0.05) is 13.8 Å². The van der Waals surface area contributed by atoms with Gasteiger partial charge >= 0.3 is 12.3 Å². The lowest BCUT2D eigenvalue weighted by Gasteiger charge is -2.14. The van der Waals surface area contributed by atoms with Gasteiger partial charge in [0.2, 0.25) is 0 Å². The topological polar surface area (TPSA) is 34.1 Å². The van der Waals surface area contributed by atoms with Crippen molar-refractivity contribution < 1.29 is 22.3 Å². The molecule has 0 radical (unpaired) electrons. The zero-order valence-corrected chi connectivity index (χ0v) is 12.2. The molecule has 1 heterocycles. The molecule has 0 aromatic carbocycles. The second-order valence-electron chi connectivity index (χ2n) is 4.65. The average Bonchev–Trinajstić information content (AvgIpc) is 2.76. The molecule has 0 bridgehead atoms. The Bertz CT molecular complexity index is 399. The van der Waals surface area contributed by atoms with Crippen molar-refractivity contribution in [2.75, 3.05) is 13.2 Å². The third kappa shape index (κ3) is 6.15. The first-order valence-corrected chi connectivity index (χ1v) is 7.09. The van der Waals surface area contributed by atoms with Crippen molar-refractivity contribution in [3.63, 3.8) is 0 Å². The van der Waals surface area contributed by atoms with Gasteiger partial charge in [0, 0.05) is 24.4 Å². The van der Waals surface area contributed by atoms with E-state index in [1.54, 1.807) is 0 Å². The van der Waals surface area contributed by atoms with Crippen LogP contribution >= 0.6 is 11.3 Å². The molecule has 0 aliphatic carbocycles. The first kappa shape index (κ1) is 17.3. The number of hydrogen-bond acceptors (Lipinski definition) is 4. The summed E-state index contributed by atoms with van der Waals surface area (Å²) in [4.78, 5) is 4.19. The summed E-state index contributed by atoms with van der Waals surface area (Å²) in [5.74, 6) is -4.11. The molecule has 3 nitrogen and oxygen atoms in total. The number of thiazole rings is 1. The smallest absolute Gasteiger partial charge is 0.330 e. The van der Waals surface area contributed by atoms with Crippen molar-refractivity contribution in [1.29, 1.82) is 0 Å². The zero-order chi connectivity index (χ0) is 15.2. The van der Waals surface area contributed by atoms with Crippen molar-refractivity contribution in [1.82, 2.24) is 10.3 Å². The Morgan fingerprint density at radius 2 is 2.10 bits per heavy atom. The van der Waals surface area contributed by atoms with Crippen LogP contribution in [0.5, 0.6) is 0 Å². The molecule has 0 fully saturated rings. The number of ether oxygens (including phenoxy) is 1. The normalized spacial score (nSPS) is 12.6. The van der Waals surface area contributed by atoms with Gasteiger partial charge in [0.1, 0.15) is 11.6 Å². The summed E-state index contributed by atoms with van der Waals surface area (Å²) in [6, 6.07) is 0.382. The quantitative estimate of drug-likeness (QED) is 0.711. The van der Waals surface area contributed by atoms with Crippen LogP contribution in [0.1, 0.15) is 24.5 Å². The standard InChI is InChI=1S/C12H18F4N2OS/c1-8(2)17-4-3-9-6-20-10(18-9)5-19-7-12(15,16)11(13)14/h6,8,11,17H,3-5,7H2,1-2H3. The first-order valence-electron chi connectivity index (χ1n) is 6.21. The van der Waals surface area contributed by atoms with E-state index in [9.17, 15) is 17.6 Å². The third-order valence-corrected chi connectivity index (χ3v) is 3.24. The average molecular weight is 314 g/mol. The number of alkyl halides is 4. The van der Waals surface area contributed by atoms with Crippen LogP contribution in [0.4, 0.5) is 17.6 Å². The van der Waals surface area contributed by atoms with E-state index < -0.39 is 19.0 Å². The molecule has 0 aliphatic heterocycles. The molecule has 0 amide bonds. The van der Waals surface area contributed by atoms with Gasteiger partial charge in [0.05, 0.1) is 12.3 Å². The molecule has 1 aromatic heterocycles. The lowest BCUT2D eigenvalue weighted by molar-refractivity contribution is -0.168. The highest BCUT2D eigenvalue weighted by atomic mass is 32.1. The Labute approximate surface area is 119 Å². The predicted octanol–water partition coefficient (Wildman–Crippen LogP) is 3.10. The molecule has 1 aromatic rings. The highest BCUT2D eigenvalue weighted by Gasteiger charge is 2.40. The van der Waals surface area contributed by atoms with E-state index in [0.717, 1.165) is 18.7 Å². The lowest BCUT2D eigenvalue weighted by Crippen LogP contribution is -2.32. The molecule has 0 spiro atoms. The van der Waals surface area contributed by atoms with E-state index in [1.807, 2.05) is 19.2 Å². The number of hydrogen-bond donors (Lipinski definition) is 1. The maximum Gasteiger partial charge on any atom is 0.330 e. The van der Waals surface area contributed by atoms with Gasteiger partial charge in [-0.3, -0.25) is 0 Å². The Hall–Kier alpha value is -0.730. The maximum absolute atomic E-state index is 12.6. The van der Waals surface area contributed by atoms with Crippen LogP contribution in [0.25, 0.3) is 0 Å². The molecule has 1 rings (SSSR count). The van der Waals surface area contributed by atoms with Crippen LogP contribution in [0, 0.1) is 0 Å². The first-order chi connectivity index (χ1) is 9.31. The molecule has 0 aliphatic rings. The van der Waals surface area contributed by atoms with Gasteiger partial charge in [0.15, 0.2) is 0 Å². The Morgan fingerprint density at radius 1 is 1.40 bits per heavy atom. The van der Waals surface area contributed by atoms with Crippen molar-refractivity contribution >= 4 is 11.3 Å². The summed E-state index contributed by atoms with van der Waals surface area (Å²) in [6.45, 7) is 3.36. The SMILES string of the molecule is CC(C)NCCc1csc(COCC(F)(F)C(F)F)n1. The highest BCUT2D eigenvalue weighted by molar-refractivity contribution is 7.09. The molecule has 20 heavy (non-hydrogen) atoms. The van der Waals surface area contributed by atoms with Crippen molar-refractivity contribution in [3.8, 4) is 0 Å². The van der Waals surface area contributed by atoms with Gasteiger partial charge in [0.25, 0.3) is 0 Å². The Morgan fingerprint density at radius 3 is 2.70 bits per heavy atom. The number of nitrogens with one attached hydrogen (secondary N) is 1. The molecule has 0 atom stereocenters. The summed E-state index contributed by atoms with van der Waals surface area (Å²) in [5, 5.41) is 5.55. The molecule has 0 unspecified atom stereocenters. The summed E-state index contributed by atoms with van der Waals surface area (Å²) in [6.07, 6.45) is -2.99. The Balaban J connectivity index is 2.30. The summed E-state index contributed by atoms with van der Waals surface area (Å²) in [5.41, 5.74) is 0.836. The molecular formula is C12H18F4N2OS. The van der Waals surface area contributed by atoms with Crippen molar-refractivity contribution in [2.45, 2.75) is 45.3 Å². The fourth-order valence-electron chi connectivity index (χ4n) is 1.36. The molecule has 116 valence electrons. The second kappa shape index (κ2) is 7.90. The largest absolute Gasteiger partial charge is 0.368 e. The molecule has 0 saturated heterocycles. The van der Waals surface area contributed by atoms with Gasteiger partial charge < -0.3 is 10.1 Å².